The molecule has 2 saturated heterocycles. The molecule has 1 N–H and O–H groups in total. The molecule has 0 radical (unpaired) electrons. The van der Waals surface area contributed by atoms with Gasteiger partial charge in [-0.15, -0.1) is 0 Å². The highest BCUT2D eigenvalue weighted by Crippen LogP contribution is 2.50. The zero-order valence-corrected chi connectivity index (χ0v) is 17.4. The first-order chi connectivity index (χ1) is 12.2. The Hall–Kier alpha value is -0.650. The van der Waals surface area contributed by atoms with Crippen LogP contribution in [0.3, 0.4) is 0 Å². The molecule has 4 atom stereocenters. The number of carbonyl (C=O) groups is 1. The molecule has 2 saturated carbocycles. The summed E-state index contributed by atoms with van der Waals surface area (Å²) >= 11 is 0. The Morgan fingerprint density at radius 1 is 1.15 bits per heavy atom. The fraction of sp³-hybridized carbons (Fsp3) is 0.952. The van der Waals surface area contributed by atoms with Crippen LogP contribution in [-0.4, -0.2) is 82.5 Å². The van der Waals surface area contributed by atoms with Crippen LogP contribution in [0.4, 0.5) is 0 Å². The third kappa shape index (κ3) is 3.31. The highest BCUT2D eigenvalue weighted by molar-refractivity contribution is 5.75. The fourth-order valence-corrected chi connectivity index (χ4v) is 5.82. The number of rotatable bonds is 4. The molecule has 4 fully saturated rings. The highest BCUT2D eigenvalue weighted by atomic mass is 16.2. The van der Waals surface area contributed by atoms with Gasteiger partial charge < -0.3 is 10.2 Å². The summed E-state index contributed by atoms with van der Waals surface area (Å²) in [7, 11) is 0. The van der Waals surface area contributed by atoms with Gasteiger partial charge in [-0.05, 0) is 59.3 Å². The summed E-state index contributed by atoms with van der Waals surface area (Å²) in [5, 5.41) is 3.95. The minimum absolute atomic E-state index is 0.186. The third-order valence-electron chi connectivity index (χ3n) is 7.63. The molecule has 148 valence electrons. The molecule has 2 spiro atoms. The van der Waals surface area contributed by atoms with Crippen molar-refractivity contribution in [2.75, 3.05) is 32.7 Å². The Morgan fingerprint density at radius 3 is 2.50 bits per heavy atom. The van der Waals surface area contributed by atoms with Crippen molar-refractivity contribution in [3.05, 3.63) is 0 Å². The van der Waals surface area contributed by atoms with Crippen LogP contribution in [0.2, 0.25) is 0 Å². The maximum Gasteiger partial charge on any atom is 0.219 e. The van der Waals surface area contributed by atoms with Crippen molar-refractivity contribution >= 4 is 5.91 Å². The molecular formula is C21H38N4O. The van der Waals surface area contributed by atoms with Gasteiger partial charge in [-0.25, -0.2) is 0 Å². The van der Waals surface area contributed by atoms with Gasteiger partial charge in [0.2, 0.25) is 5.91 Å². The quantitative estimate of drug-likeness (QED) is 0.829. The second-order valence-electron chi connectivity index (χ2n) is 10.1. The average molecular weight is 363 g/mol. The minimum Gasteiger partial charge on any atom is -0.335 e. The van der Waals surface area contributed by atoms with E-state index in [1.165, 1.54) is 38.8 Å². The molecule has 4 rings (SSSR count). The standard InChI is InChI=1S/C21H38N4O/c1-15(2)24-12-16(3)22-21(14-24)11-19(21)10-17(4)23-8-9-25(18(5)26)20(13-23)6-7-20/h15-17,19,22H,6-14H2,1-5H3/t16-,17?,19?,21?/m0/s1. The molecule has 2 aliphatic heterocycles. The number of carbonyl (C=O) groups excluding carboxylic acids is 1. The Bertz CT molecular complexity index is 560. The number of hydrogen-bond acceptors (Lipinski definition) is 4. The molecule has 2 heterocycles. The van der Waals surface area contributed by atoms with Crippen molar-refractivity contribution in [2.24, 2.45) is 5.92 Å². The first-order valence-electron chi connectivity index (χ1n) is 10.8. The molecule has 1 amide bonds. The van der Waals surface area contributed by atoms with E-state index >= 15 is 0 Å². The lowest BCUT2D eigenvalue weighted by Gasteiger charge is -2.45. The second-order valence-corrected chi connectivity index (χ2v) is 10.1. The fourth-order valence-electron chi connectivity index (χ4n) is 5.82. The maximum absolute atomic E-state index is 11.9. The number of piperazine rings is 2. The van der Waals surface area contributed by atoms with E-state index in [9.17, 15) is 4.79 Å². The van der Waals surface area contributed by atoms with Gasteiger partial charge in [0.25, 0.3) is 0 Å². The minimum atomic E-state index is 0.186. The average Bonchev–Trinajstić information content (AvgIpc) is 3.46. The van der Waals surface area contributed by atoms with Gasteiger partial charge in [0, 0.05) is 63.3 Å². The zero-order valence-electron chi connectivity index (χ0n) is 17.4. The van der Waals surface area contributed by atoms with E-state index in [-0.39, 0.29) is 11.4 Å². The Morgan fingerprint density at radius 2 is 1.88 bits per heavy atom. The van der Waals surface area contributed by atoms with E-state index in [0.29, 0.717) is 23.7 Å². The van der Waals surface area contributed by atoms with Crippen molar-refractivity contribution in [3.63, 3.8) is 0 Å². The molecule has 0 aromatic heterocycles. The Labute approximate surface area is 159 Å². The van der Waals surface area contributed by atoms with E-state index in [2.05, 4.69) is 47.7 Å². The maximum atomic E-state index is 11.9. The van der Waals surface area contributed by atoms with Gasteiger partial charge >= 0.3 is 0 Å². The summed E-state index contributed by atoms with van der Waals surface area (Å²) in [5.41, 5.74) is 0.556. The summed E-state index contributed by atoms with van der Waals surface area (Å²) < 4.78 is 0. The summed E-state index contributed by atoms with van der Waals surface area (Å²) in [5.74, 6) is 1.08. The number of nitrogens with one attached hydrogen (secondary N) is 1. The van der Waals surface area contributed by atoms with Crippen molar-refractivity contribution < 1.29 is 4.79 Å². The van der Waals surface area contributed by atoms with Gasteiger partial charge in [0.1, 0.15) is 0 Å². The largest absolute Gasteiger partial charge is 0.335 e. The molecular weight excluding hydrogens is 324 g/mol. The highest BCUT2D eigenvalue weighted by Gasteiger charge is 2.58. The van der Waals surface area contributed by atoms with E-state index in [1.807, 2.05) is 0 Å². The van der Waals surface area contributed by atoms with E-state index in [4.69, 9.17) is 0 Å². The van der Waals surface area contributed by atoms with Crippen molar-refractivity contribution in [1.29, 1.82) is 0 Å². The molecule has 5 nitrogen and oxygen atoms in total. The van der Waals surface area contributed by atoms with Crippen LogP contribution >= 0.6 is 0 Å². The Balaban J connectivity index is 1.34. The van der Waals surface area contributed by atoms with Crippen LogP contribution in [0.15, 0.2) is 0 Å². The monoisotopic (exact) mass is 362 g/mol. The first kappa shape index (κ1) is 18.7. The smallest absolute Gasteiger partial charge is 0.219 e. The van der Waals surface area contributed by atoms with Crippen molar-refractivity contribution in [1.82, 2.24) is 20.0 Å². The van der Waals surface area contributed by atoms with Gasteiger partial charge in [-0.3, -0.25) is 14.6 Å². The number of hydrogen-bond donors (Lipinski definition) is 1. The van der Waals surface area contributed by atoms with Crippen LogP contribution in [-0.2, 0) is 4.79 Å². The normalized spacial score (nSPS) is 38.2. The summed E-state index contributed by atoms with van der Waals surface area (Å²) in [6.07, 6.45) is 5.03. The van der Waals surface area contributed by atoms with Crippen LogP contribution in [0.25, 0.3) is 0 Å². The zero-order chi connectivity index (χ0) is 18.7. The first-order valence-corrected chi connectivity index (χ1v) is 10.8. The lowest BCUT2D eigenvalue weighted by molar-refractivity contribution is -0.135. The van der Waals surface area contributed by atoms with E-state index in [0.717, 1.165) is 25.6 Å². The predicted molar refractivity (Wildman–Crippen MR) is 105 cm³/mol. The lowest BCUT2D eigenvalue weighted by Crippen LogP contribution is -2.60. The van der Waals surface area contributed by atoms with Crippen molar-refractivity contribution in [3.8, 4) is 0 Å². The SMILES string of the molecule is CC(=O)N1CCN(C(C)CC2CC23CN(C(C)C)C[C@H](C)N3)CC12CC2. The van der Waals surface area contributed by atoms with E-state index < -0.39 is 0 Å². The lowest BCUT2D eigenvalue weighted by atomic mass is 9.99. The molecule has 2 aliphatic carbocycles. The van der Waals surface area contributed by atoms with Crippen LogP contribution in [0.5, 0.6) is 0 Å². The molecule has 0 aromatic carbocycles. The van der Waals surface area contributed by atoms with E-state index in [1.54, 1.807) is 6.92 Å². The molecule has 0 bridgehead atoms. The third-order valence-corrected chi connectivity index (χ3v) is 7.63. The van der Waals surface area contributed by atoms with Crippen LogP contribution in [0, 0.1) is 5.92 Å². The topological polar surface area (TPSA) is 38.8 Å². The predicted octanol–water partition coefficient (Wildman–Crippen LogP) is 1.92. The van der Waals surface area contributed by atoms with Gasteiger partial charge in [-0.2, -0.15) is 0 Å². The summed E-state index contributed by atoms with van der Waals surface area (Å²) in [6, 6.07) is 1.86. The van der Waals surface area contributed by atoms with Crippen LogP contribution in [0.1, 0.15) is 60.3 Å². The Kier molecular flexibility index (Phi) is 4.64. The molecule has 26 heavy (non-hydrogen) atoms. The van der Waals surface area contributed by atoms with Crippen molar-refractivity contribution in [2.45, 2.75) is 89.5 Å². The number of amides is 1. The molecule has 5 heteroatoms. The molecule has 0 aromatic rings. The second kappa shape index (κ2) is 6.46. The summed E-state index contributed by atoms with van der Waals surface area (Å²) in [4.78, 5) is 19.4. The summed E-state index contributed by atoms with van der Waals surface area (Å²) in [6.45, 7) is 16.6. The number of nitrogens with zero attached hydrogens (tertiary/aromatic N) is 3. The van der Waals surface area contributed by atoms with Gasteiger partial charge in [0.05, 0.1) is 5.54 Å². The molecule has 3 unspecified atom stereocenters. The van der Waals surface area contributed by atoms with Gasteiger partial charge in [-0.1, -0.05) is 0 Å². The van der Waals surface area contributed by atoms with Gasteiger partial charge in [0.15, 0.2) is 0 Å². The molecule has 4 aliphatic rings. The van der Waals surface area contributed by atoms with Crippen LogP contribution < -0.4 is 5.32 Å².